The van der Waals surface area contributed by atoms with Crippen LogP contribution in [0.25, 0.3) is 0 Å². The Morgan fingerprint density at radius 3 is 2.75 bits per heavy atom. The SMILES string of the molecule is CN=C1NCSSC[C@@H]2CCC[C@]2(Cc2ccc(O)c(OC)c2)C(=O)/C=C/CCc2cc(c(O)c(O[C@]3(CNC)CC[C@@H](CCOCCCO)C3)c2)N1. The number of aryl methyl sites for hydroxylation is 1. The van der Waals surface area contributed by atoms with E-state index in [1.165, 1.54) is 0 Å². The molecule has 0 aromatic heterocycles. The zero-order chi connectivity index (χ0) is 37.7. The first kappa shape index (κ1) is 41.1. The molecule has 53 heavy (non-hydrogen) atoms. The fourth-order valence-corrected chi connectivity index (χ4v) is 10.4. The largest absolute Gasteiger partial charge is 0.504 e. The predicted octanol–water partition coefficient (Wildman–Crippen LogP) is 6.46. The monoisotopic (exact) mass is 770 g/mol. The molecular formula is C40H58N4O7S2. The summed E-state index contributed by atoms with van der Waals surface area (Å²) in [6.07, 6.45) is 12.7. The number of aliphatic imine (C=N–C) groups is 1. The number of ether oxygens (including phenoxy) is 3. The van der Waals surface area contributed by atoms with Crippen LogP contribution in [0.2, 0.25) is 0 Å². The third-order valence-electron chi connectivity index (χ3n) is 11.0. The topological polar surface area (TPSA) is 154 Å². The number of carbonyl (C=O) groups is 1. The Labute approximate surface area is 322 Å². The van der Waals surface area contributed by atoms with Gasteiger partial charge in [0.2, 0.25) is 0 Å². The van der Waals surface area contributed by atoms with Crippen LogP contribution in [0.1, 0.15) is 68.9 Å². The minimum Gasteiger partial charge on any atom is -0.504 e. The molecule has 4 atom stereocenters. The summed E-state index contributed by atoms with van der Waals surface area (Å²) in [6, 6.07) is 9.27. The van der Waals surface area contributed by atoms with Crippen molar-refractivity contribution in [3.8, 4) is 23.0 Å². The number of carbonyl (C=O) groups excluding carboxylic acids is 1. The number of hydrogen-bond donors (Lipinski definition) is 6. The molecule has 2 bridgehead atoms. The molecule has 0 amide bonds. The molecular weight excluding hydrogens is 713 g/mol. The lowest BCUT2D eigenvalue weighted by Crippen LogP contribution is -2.42. The number of ketones is 1. The quantitative estimate of drug-likeness (QED) is 0.0753. The van der Waals surface area contributed by atoms with Crippen molar-refractivity contribution in [1.29, 1.82) is 0 Å². The van der Waals surface area contributed by atoms with E-state index < -0.39 is 11.0 Å². The van der Waals surface area contributed by atoms with Crippen LogP contribution in [0.5, 0.6) is 23.0 Å². The lowest BCUT2D eigenvalue weighted by atomic mass is 9.70. The van der Waals surface area contributed by atoms with Gasteiger partial charge in [0.05, 0.1) is 18.7 Å². The maximum atomic E-state index is 14.3. The molecule has 0 unspecified atom stereocenters. The molecule has 2 aromatic rings. The third-order valence-corrected chi connectivity index (χ3v) is 13.2. The van der Waals surface area contributed by atoms with Crippen molar-refractivity contribution in [1.82, 2.24) is 10.6 Å². The minimum atomic E-state index is -0.538. The second-order valence-electron chi connectivity index (χ2n) is 14.5. The van der Waals surface area contributed by atoms with Crippen LogP contribution in [0.3, 0.4) is 0 Å². The number of nitrogens with one attached hydrogen (secondary N) is 3. The Bertz CT molecular complexity index is 1580. The van der Waals surface area contributed by atoms with E-state index in [0.29, 0.717) is 80.4 Å². The van der Waals surface area contributed by atoms with Crippen LogP contribution in [0, 0.1) is 17.3 Å². The molecule has 292 valence electrons. The maximum Gasteiger partial charge on any atom is 0.196 e. The normalized spacial score (nSPS) is 26.7. The molecule has 1 aliphatic heterocycles. The highest BCUT2D eigenvalue weighted by atomic mass is 33.1. The molecule has 2 fully saturated rings. The molecule has 13 heteroatoms. The summed E-state index contributed by atoms with van der Waals surface area (Å²) in [4.78, 5) is 18.7. The summed E-state index contributed by atoms with van der Waals surface area (Å²) < 4.78 is 18.0. The summed E-state index contributed by atoms with van der Waals surface area (Å²) in [6.45, 7) is 1.99. The molecule has 2 aliphatic carbocycles. The van der Waals surface area contributed by atoms with Gasteiger partial charge in [0.15, 0.2) is 34.7 Å². The summed E-state index contributed by atoms with van der Waals surface area (Å²) in [5.74, 6) is 3.71. The van der Waals surface area contributed by atoms with E-state index in [2.05, 4.69) is 20.9 Å². The molecule has 11 nitrogen and oxygen atoms in total. The Morgan fingerprint density at radius 2 is 1.96 bits per heavy atom. The Kier molecular flexibility index (Phi) is 15.5. The smallest absolute Gasteiger partial charge is 0.196 e. The molecule has 6 N–H and O–H groups in total. The summed E-state index contributed by atoms with van der Waals surface area (Å²) >= 11 is 0. The van der Waals surface area contributed by atoms with E-state index in [1.54, 1.807) is 47.9 Å². The van der Waals surface area contributed by atoms with Crippen molar-refractivity contribution in [2.45, 2.75) is 76.2 Å². The number of aromatic hydroxyl groups is 2. The van der Waals surface area contributed by atoms with E-state index >= 15 is 0 Å². The van der Waals surface area contributed by atoms with Crippen LogP contribution >= 0.6 is 21.6 Å². The van der Waals surface area contributed by atoms with Crippen LogP contribution in [0.15, 0.2) is 47.5 Å². The number of guanidine groups is 1. The molecule has 0 saturated heterocycles. The highest BCUT2D eigenvalue weighted by Gasteiger charge is 2.47. The molecule has 5 rings (SSSR count). The number of fused-ring (bicyclic) bond motifs is 3. The number of rotatable bonds is 13. The van der Waals surface area contributed by atoms with Gasteiger partial charge in [0, 0.05) is 44.6 Å². The Hall–Kier alpha value is -3.10. The molecule has 0 spiro atoms. The number of methoxy groups -OCH3 is 1. The van der Waals surface area contributed by atoms with Gasteiger partial charge < -0.3 is 45.5 Å². The average Bonchev–Trinajstić information content (AvgIpc) is 3.75. The van der Waals surface area contributed by atoms with Gasteiger partial charge in [-0.3, -0.25) is 9.79 Å². The number of likely N-dealkylation sites (N-methyl/N-ethyl adjacent to an activating group) is 1. The third kappa shape index (κ3) is 10.8. The second-order valence-corrected chi connectivity index (χ2v) is 17.1. The predicted molar refractivity (Wildman–Crippen MR) is 216 cm³/mol. The number of phenols is 2. The summed E-state index contributed by atoms with van der Waals surface area (Å²) in [7, 11) is 8.62. The number of aliphatic hydroxyl groups excluding tert-OH is 1. The van der Waals surface area contributed by atoms with Gasteiger partial charge >= 0.3 is 0 Å². The number of benzene rings is 2. The first-order chi connectivity index (χ1) is 25.7. The Morgan fingerprint density at radius 1 is 1.09 bits per heavy atom. The van der Waals surface area contributed by atoms with Crippen molar-refractivity contribution < 1.29 is 34.3 Å². The highest BCUT2D eigenvalue weighted by molar-refractivity contribution is 8.76. The van der Waals surface area contributed by atoms with Gasteiger partial charge in [-0.2, -0.15) is 0 Å². The summed E-state index contributed by atoms with van der Waals surface area (Å²) in [5, 5.41) is 40.9. The van der Waals surface area contributed by atoms with Gasteiger partial charge in [-0.1, -0.05) is 40.2 Å². The lowest BCUT2D eigenvalue weighted by molar-refractivity contribution is -0.125. The van der Waals surface area contributed by atoms with E-state index in [4.69, 9.17) is 19.3 Å². The fraction of sp³-hybridized carbons (Fsp3) is 0.600. The lowest BCUT2D eigenvalue weighted by Gasteiger charge is -2.33. The fourth-order valence-electron chi connectivity index (χ4n) is 8.20. The number of aliphatic hydroxyl groups is 1. The van der Waals surface area contributed by atoms with Gasteiger partial charge in [-0.05, 0) is 125 Å². The number of nitrogens with zero attached hydrogens (tertiary/aromatic N) is 1. The zero-order valence-corrected chi connectivity index (χ0v) is 33.1. The number of phenolic OH excluding ortho intramolecular Hbond substituents is 2. The van der Waals surface area contributed by atoms with E-state index in [-0.39, 0.29) is 29.8 Å². The Balaban J connectivity index is 1.38. The van der Waals surface area contributed by atoms with Gasteiger partial charge in [0.1, 0.15) is 5.60 Å². The highest BCUT2D eigenvalue weighted by Crippen LogP contribution is 2.50. The molecule has 1 heterocycles. The van der Waals surface area contributed by atoms with Crippen molar-refractivity contribution >= 4 is 39.0 Å². The number of hydrogen-bond acceptors (Lipinski definition) is 11. The van der Waals surface area contributed by atoms with E-state index in [0.717, 1.165) is 61.8 Å². The number of anilines is 1. The van der Waals surface area contributed by atoms with Crippen LogP contribution in [-0.4, -0.2) is 91.9 Å². The van der Waals surface area contributed by atoms with Crippen molar-refractivity contribution in [3.63, 3.8) is 0 Å². The van der Waals surface area contributed by atoms with Crippen molar-refractivity contribution in [2.75, 3.05) is 64.5 Å². The van der Waals surface area contributed by atoms with Crippen LogP contribution < -0.4 is 25.4 Å². The van der Waals surface area contributed by atoms with Crippen LogP contribution in [0.4, 0.5) is 5.69 Å². The summed E-state index contributed by atoms with van der Waals surface area (Å²) in [5.41, 5.74) is 1.44. The van der Waals surface area contributed by atoms with Crippen LogP contribution in [-0.2, 0) is 22.4 Å². The van der Waals surface area contributed by atoms with Gasteiger partial charge in [-0.25, -0.2) is 0 Å². The minimum absolute atomic E-state index is 0.0363. The molecule has 3 aliphatic rings. The van der Waals surface area contributed by atoms with Gasteiger partial charge in [-0.15, -0.1) is 0 Å². The molecule has 2 saturated carbocycles. The van der Waals surface area contributed by atoms with Crippen molar-refractivity contribution in [2.24, 2.45) is 22.2 Å². The maximum absolute atomic E-state index is 14.3. The van der Waals surface area contributed by atoms with E-state index in [9.17, 15) is 15.0 Å². The van der Waals surface area contributed by atoms with Gasteiger partial charge in [0.25, 0.3) is 0 Å². The molecule has 2 aromatic carbocycles. The molecule has 0 radical (unpaired) electrons. The first-order valence-corrected chi connectivity index (χ1v) is 21.4. The van der Waals surface area contributed by atoms with E-state index in [1.807, 2.05) is 37.4 Å². The number of allylic oxidation sites excluding steroid dienone is 2. The van der Waals surface area contributed by atoms with Crippen molar-refractivity contribution in [3.05, 3.63) is 53.6 Å². The first-order valence-electron chi connectivity index (χ1n) is 18.9. The average molecular weight is 771 g/mol. The standard InChI is InChI=1S/C40H58N4O7S2/c1-41-26-39(16-13-28(23-39)14-19-50-18-7-17-45)51-35-21-29-8-4-5-10-36(47)40(24-30-11-12-33(46)34(22-30)49-3)15-6-9-31(40)25-52-53-27-43-38(42-2)44-32(20-29)37(35)48/h5,10-12,20-22,28,31,41,45-46,48H,4,6-9,13-19,23-27H2,1-3H3,(H2,42,43,44)/b10-5+/t28-,31-,39+,40+/m0/s1. The second kappa shape index (κ2) is 20.0. The zero-order valence-electron chi connectivity index (χ0n) is 31.5.